The van der Waals surface area contributed by atoms with Crippen molar-refractivity contribution >= 4 is 53.2 Å². The first-order valence-corrected chi connectivity index (χ1v) is 10.4. The van der Waals surface area contributed by atoms with Crippen LogP contribution in [0.2, 0.25) is 0 Å². The number of nitrogens with zero attached hydrogens (tertiary/aromatic N) is 4. The standard InChI is InChI=1S/C22H24Cl2N4O.ClH/c1-17-25-11-14-28(17)20-6-4-19(5-7-20)26-16-18-3-8-21(22(15-18)29-2)27(12-9-23)13-10-24;/h3-8,11,14-16H,9-10,12-13H2,1-2H3;1H. The molecule has 0 bridgehead atoms. The smallest absolute Gasteiger partial charge is 0.142 e. The highest BCUT2D eigenvalue weighted by atomic mass is 35.5. The van der Waals surface area contributed by atoms with Gasteiger partial charge in [0, 0.05) is 49.1 Å². The van der Waals surface area contributed by atoms with Crippen molar-refractivity contribution in [3.63, 3.8) is 0 Å². The lowest BCUT2D eigenvalue weighted by Gasteiger charge is -2.25. The summed E-state index contributed by atoms with van der Waals surface area (Å²) in [5.41, 5.74) is 3.87. The number of hydrogen-bond donors (Lipinski definition) is 0. The maximum absolute atomic E-state index is 5.93. The maximum Gasteiger partial charge on any atom is 0.142 e. The first kappa shape index (κ1) is 24.1. The van der Waals surface area contributed by atoms with Crippen molar-refractivity contribution in [2.24, 2.45) is 4.99 Å². The highest BCUT2D eigenvalue weighted by molar-refractivity contribution is 6.18. The molecule has 1 aromatic heterocycles. The number of benzene rings is 2. The van der Waals surface area contributed by atoms with Crippen LogP contribution in [0.25, 0.3) is 5.69 Å². The van der Waals surface area contributed by atoms with Gasteiger partial charge in [0.05, 0.1) is 18.5 Å². The van der Waals surface area contributed by atoms with Crippen molar-refractivity contribution in [2.75, 3.05) is 36.9 Å². The Hall–Kier alpha value is -2.21. The summed E-state index contributed by atoms with van der Waals surface area (Å²) in [4.78, 5) is 11.0. The summed E-state index contributed by atoms with van der Waals surface area (Å²) in [7, 11) is 1.66. The van der Waals surface area contributed by atoms with E-state index >= 15 is 0 Å². The van der Waals surface area contributed by atoms with Gasteiger partial charge in [0.1, 0.15) is 11.6 Å². The summed E-state index contributed by atoms with van der Waals surface area (Å²) in [5, 5.41) is 0. The zero-order valence-corrected chi connectivity index (χ0v) is 19.3. The quantitative estimate of drug-likeness (QED) is 0.302. The van der Waals surface area contributed by atoms with E-state index < -0.39 is 0 Å². The molecule has 0 saturated carbocycles. The maximum atomic E-state index is 5.93. The number of imidazole rings is 1. The monoisotopic (exact) mass is 466 g/mol. The molecule has 0 radical (unpaired) electrons. The van der Waals surface area contributed by atoms with Crippen molar-refractivity contribution in [3.05, 3.63) is 66.2 Å². The Morgan fingerprint density at radius 2 is 1.80 bits per heavy atom. The summed E-state index contributed by atoms with van der Waals surface area (Å²) in [6.45, 7) is 3.39. The number of aromatic nitrogens is 2. The molecule has 160 valence electrons. The number of hydrogen-bond acceptors (Lipinski definition) is 4. The Morgan fingerprint density at radius 1 is 1.10 bits per heavy atom. The van der Waals surface area contributed by atoms with Gasteiger partial charge in [0.25, 0.3) is 0 Å². The van der Waals surface area contributed by atoms with Crippen LogP contribution in [0.4, 0.5) is 11.4 Å². The second-order valence-electron chi connectivity index (χ2n) is 6.42. The number of rotatable bonds is 9. The van der Waals surface area contributed by atoms with Crippen LogP contribution in [0.1, 0.15) is 11.4 Å². The second-order valence-corrected chi connectivity index (χ2v) is 7.17. The fraction of sp³-hybridized carbons (Fsp3) is 0.273. The van der Waals surface area contributed by atoms with Crippen LogP contribution in [0.3, 0.4) is 0 Å². The van der Waals surface area contributed by atoms with E-state index in [0.717, 1.165) is 34.2 Å². The molecule has 0 N–H and O–H groups in total. The summed E-state index contributed by atoms with van der Waals surface area (Å²) in [6.07, 6.45) is 5.57. The van der Waals surface area contributed by atoms with E-state index in [1.165, 1.54) is 0 Å². The summed E-state index contributed by atoms with van der Waals surface area (Å²) >= 11 is 11.9. The third-order valence-corrected chi connectivity index (χ3v) is 4.91. The average molecular weight is 468 g/mol. The van der Waals surface area contributed by atoms with Gasteiger partial charge in [-0.25, -0.2) is 4.98 Å². The number of methoxy groups -OCH3 is 1. The van der Waals surface area contributed by atoms with Crippen LogP contribution in [-0.4, -0.2) is 47.7 Å². The minimum absolute atomic E-state index is 0. The third kappa shape index (κ3) is 5.91. The van der Waals surface area contributed by atoms with Gasteiger partial charge in [-0.2, -0.15) is 0 Å². The Kier molecular flexibility index (Phi) is 9.50. The van der Waals surface area contributed by atoms with Gasteiger partial charge in [-0.15, -0.1) is 35.6 Å². The van der Waals surface area contributed by atoms with Crippen molar-refractivity contribution in [1.82, 2.24) is 9.55 Å². The number of anilines is 1. The molecule has 2 aromatic carbocycles. The fourth-order valence-electron chi connectivity index (χ4n) is 3.09. The lowest BCUT2D eigenvalue weighted by Crippen LogP contribution is -2.28. The van der Waals surface area contributed by atoms with E-state index in [2.05, 4.69) is 14.9 Å². The number of ether oxygens (including phenoxy) is 1. The Morgan fingerprint density at radius 3 is 2.37 bits per heavy atom. The minimum Gasteiger partial charge on any atom is -0.495 e. The van der Waals surface area contributed by atoms with E-state index in [4.69, 9.17) is 27.9 Å². The van der Waals surface area contributed by atoms with Crippen LogP contribution in [-0.2, 0) is 0 Å². The van der Waals surface area contributed by atoms with Gasteiger partial charge in [-0.1, -0.05) is 6.07 Å². The van der Waals surface area contributed by atoms with Gasteiger partial charge in [0.2, 0.25) is 0 Å². The molecule has 30 heavy (non-hydrogen) atoms. The molecule has 5 nitrogen and oxygen atoms in total. The van der Waals surface area contributed by atoms with E-state index in [-0.39, 0.29) is 12.4 Å². The first-order valence-electron chi connectivity index (χ1n) is 9.35. The van der Waals surface area contributed by atoms with E-state index in [0.29, 0.717) is 24.8 Å². The van der Waals surface area contributed by atoms with E-state index in [9.17, 15) is 0 Å². The van der Waals surface area contributed by atoms with Gasteiger partial charge >= 0.3 is 0 Å². The molecule has 0 fully saturated rings. The van der Waals surface area contributed by atoms with Gasteiger partial charge < -0.3 is 14.2 Å². The molecule has 0 aliphatic carbocycles. The molecule has 0 amide bonds. The Balaban J connectivity index is 0.00000320. The van der Waals surface area contributed by atoms with E-state index in [1.54, 1.807) is 13.3 Å². The van der Waals surface area contributed by atoms with Gasteiger partial charge in [0.15, 0.2) is 0 Å². The predicted octanol–water partition coefficient (Wildman–Crippen LogP) is 5.65. The molecule has 0 aliphatic heterocycles. The number of aryl methyl sites for hydroxylation is 1. The zero-order chi connectivity index (χ0) is 20.6. The number of alkyl halides is 2. The highest BCUT2D eigenvalue weighted by Crippen LogP contribution is 2.29. The molecular weight excluding hydrogens is 443 g/mol. The fourth-order valence-corrected chi connectivity index (χ4v) is 3.50. The average Bonchev–Trinajstić information content (AvgIpc) is 3.18. The number of halogens is 3. The normalized spacial score (nSPS) is 10.8. The van der Waals surface area contributed by atoms with Crippen LogP contribution >= 0.6 is 35.6 Å². The molecule has 0 saturated heterocycles. The van der Waals surface area contributed by atoms with Crippen molar-refractivity contribution < 1.29 is 4.74 Å². The molecular formula is C22H25Cl3N4O. The predicted molar refractivity (Wildman–Crippen MR) is 129 cm³/mol. The Bertz CT molecular complexity index is 951. The van der Waals surface area contributed by atoms with Crippen molar-refractivity contribution in [2.45, 2.75) is 6.92 Å². The SMILES string of the molecule is COc1cc(C=Nc2ccc(-n3ccnc3C)cc2)ccc1N(CCCl)CCCl.Cl. The molecule has 0 spiro atoms. The largest absolute Gasteiger partial charge is 0.495 e. The highest BCUT2D eigenvalue weighted by Gasteiger charge is 2.11. The van der Waals surface area contributed by atoms with Crippen molar-refractivity contribution in [1.29, 1.82) is 0 Å². The zero-order valence-electron chi connectivity index (χ0n) is 17.0. The molecule has 0 unspecified atom stereocenters. The third-order valence-electron chi connectivity index (χ3n) is 4.57. The van der Waals surface area contributed by atoms with Crippen LogP contribution in [0.5, 0.6) is 5.75 Å². The topological polar surface area (TPSA) is 42.6 Å². The molecule has 3 aromatic rings. The lowest BCUT2D eigenvalue weighted by molar-refractivity contribution is 0.414. The van der Waals surface area contributed by atoms with Crippen LogP contribution in [0.15, 0.2) is 59.9 Å². The van der Waals surface area contributed by atoms with Gasteiger partial charge in [-0.3, -0.25) is 4.99 Å². The molecule has 0 aliphatic rings. The second kappa shape index (κ2) is 11.8. The number of aliphatic imine (C=N–C) groups is 1. The molecule has 0 atom stereocenters. The minimum atomic E-state index is 0. The molecule has 3 rings (SSSR count). The van der Waals surface area contributed by atoms with Crippen molar-refractivity contribution in [3.8, 4) is 11.4 Å². The van der Waals surface area contributed by atoms with Gasteiger partial charge in [-0.05, 0) is 48.9 Å². The Labute approximate surface area is 193 Å². The summed E-state index contributed by atoms with van der Waals surface area (Å²) < 4.78 is 7.61. The first-order chi connectivity index (χ1) is 14.2. The summed E-state index contributed by atoms with van der Waals surface area (Å²) in [5.74, 6) is 2.77. The summed E-state index contributed by atoms with van der Waals surface area (Å²) in [6, 6.07) is 14.0. The molecule has 1 heterocycles. The lowest BCUT2D eigenvalue weighted by atomic mass is 10.2. The van der Waals surface area contributed by atoms with Crippen LogP contribution in [0, 0.1) is 6.92 Å². The van der Waals surface area contributed by atoms with Crippen LogP contribution < -0.4 is 9.64 Å². The molecule has 8 heteroatoms. The van der Waals surface area contributed by atoms with E-state index in [1.807, 2.05) is 66.4 Å².